The van der Waals surface area contributed by atoms with Gasteiger partial charge in [0.25, 0.3) is 0 Å². The maximum Gasteiger partial charge on any atom is 0.242 e. The lowest BCUT2D eigenvalue weighted by molar-refractivity contribution is -0.125. The molecule has 0 bridgehead atoms. The zero-order valence-corrected chi connectivity index (χ0v) is 16.5. The minimum Gasteiger partial charge on any atom is -0.378 e. The predicted molar refractivity (Wildman–Crippen MR) is 104 cm³/mol. The van der Waals surface area contributed by atoms with E-state index in [1.54, 1.807) is 10.9 Å². The first-order chi connectivity index (χ1) is 13.7. The van der Waals surface area contributed by atoms with Crippen molar-refractivity contribution in [2.75, 3.05) is 44.0 Å². The number of morpholine rings is 1. The normalized spacial score (nSPS) is 19.8. The van der Waals surface area contributed by atoms with Gasteiger partial charge in [-0.3, -0.25) is 9.59 Å². The minimum absolute atomic E-state index is 0.0739. The molecule has 2 fully saturated rings. The molecule has 1 atom stereocenters. The van der Waals surface area contributed by atoms with E-state index in [1.807, 2.05) is 6.26 Å². The average Bonchev–Trinajstić information content (AvgIpc) is 3.34. The maximum atomic E-state index is 12.1. The third-order valence-electron chi connectivity index (χ3n) is 4.88. The zero-order valence-electron chi connectivity index (χ0n) is 15.7. The summed E-state index contributed by atoms with van der Waals surface area (Å²) in [5, 5.41) is 11.6. The molecule has 0 aromatic carbocycles. The van der Waals surface area contributed by atoms with Gasteiger partial charge >= 0.3 is 0 Å². The summed E-state index contributed by atoms with van der Waals surface area (Å²) in [6.07, 6.45) is 4.67. The number of hydrogen-bond acceptors (Lipinski definition) is 8. The third-order valence-corrected chi connectivity index (χ3v) is 5.43. The van der Waals surface area contributed by atoms with Crippen LogP contribution in [0.2, 0.25) is 0 Å². The molecule has 2 aromatic heterocycles. The van der Waals surface area contributed by atoms with Crippen molar-refractivity contribution in [2.45, 2.75) is 30.6 Å². The number of hydrogen-bond donors (Lipinski definition) is 2. The van der Waals surface area contributed by atoms with Gasteiger partial charge < -0.3 is 20.3 Å². The number of ether oxygens (including phenoxy) is 1. The van der Waals surface area contributed by atoms with E-state index >= 15 is 0 Å². The molecule has 2 aliphatic rings. The van der Waals surface area contributed by atoms with Crippen LogP contribution in [0.15, 0.2) is 11.4 Å². The van der Waals surface area contributed by atoms with Gasteiger partial charge in [-0.05, 0) is 12.7 Å². The molecule has 4 heterocycles. The van der Waals surface area contributed by atoms with Crippen LogP contribution in [0.1, 0.15) is 12.8 Å². The lowest BCUT2D eigenvalue weighted by atomic mass is 10.2. The van der Waals surface area contributed by atoms with Crippen LogP contribution in [-0.2, 0) is 20.9 Å². The van der Waals surface area contributed by atoms with E-state index in [9.17, 15) is 9.59 Å². The van der Waals surface area contributed by atoms with E-state index < -0.39 is 6.04 Å². The number of nitrogens with zero attached hydrogens (tertiary/aromatic N) is 5. The molecule has 2 saturated heterocycles. The van der Waals surface area contributed by atoms with Crippen molar-refractivity contribution >= 4 is 40.4 Å². The molecule has 2 amide bonds. The Morgan fingerprint density at radius 1 is 1.39 bits per heavy atom. The van der Waals surface area contributed by atoms with Crippen LogP contribution in [0.5, 0.6) is 0 Å². The minimum atomic E-state index is -0.430. The monoisotopic (exact) mass is 405 g/mol. The second kappa shape index (κ2) is 8.31. The van der Waals surface area contributed by atoms with Gasteiger partial charge in [-0.25, -0.2) is 14.6 Å². The number of amides is 2. The molecule has 0 radical (unpaired) electrons. The SMILES string of the molecule is CSc1nc(N2CCOCC2)c2cnn(CCNC(=O)C3CCC(=O)N3)c2n1. The summed E-state index contributed by atoms with van der Waals surface area (Å²) in [5.74, 6) is 0.646. The van der Waals surface area contributed by atoms with Gasteiger partial charge in [-0.1, -0.05) is 11.8 Å². The predicted octanol–water partition coefficient (Wildman–Crippen LogP) is -0.220. The van der Waals surface area contributed by atoms with Crippen LogP contribution < -0.4 is 15.5 Å². The zero-order chi connectivity index (χ0) is 19.5. The second-order valence-corrected chi connectivity index (χ2v) is 7.46. The summed E-state index contributed by atoms with van der Waals surface area (Å²) in [6.45, 7) is 3.83. The average molecular weight is 405 g/mol. The summed E-state index contributed by atoms with van der Waals surface area (Å²) in [4.78, 5) is 34.9. The van der Waals surface area contributed by atoms with Crippen LogP contribution in [0.25, 0.3) is 11.0 Å². The number of thioether (sulfide) groups is 1. The lowest BCUT2D eigenvalue weighted by Gasteiger charge is -2.28. The number of fused-ring (bicyclic) bond motifs is 1. The van der Waals surface area contributed by atoms with Crippen LogP contribution in [0.3, 0.4) is 0 Å². The van der Waals surface area contributed by atoms with E-state index in [1.165, 1.54) is 11.8 Å². The van der Waals surface area contributed by atoms with Gasteiger partial charge in [0.2, 0.25) is 11.8 Å². The third kappa shape index (κ3) is 3.90. The number of carbonyl (C=O) groups excluding carboxylic acids is 2. The molecule has 150 valence electrons. The topological polar surface area (TPSA) is 114 Å². The largest absolute Gasteiger partial charge is 0.378 e. The first kappa shape index (κ1) is 18.9. The summed E-state index contributed by atoms with van der Waals surface area (Å²) in [7, 11) is 0. The molecule has 2 N–H and O–H groups in total. The van der Waals surface area contributed by atoms with E-state index in [4.69, 9.17) is 4.74 Å². The van der Waals surface area contributed by atoms with Crippen LogP contribution >= 0.6 is 11.8 Å². The van der Waals surface area contributed by atoms with Crippen molar-refractivity contribution in [2.24, 2.45) is 0 Å². The molecule has 2 aromatic rings. The highest BCUT2D eigenvalue weighted by molar-refractivity contribution is 7.98. The Kier molecular flexibility index (Phi) is 5.62. The van der Waals surface area contributed by atoms with E-state index in [2.05, 4.69) is 30.6 Å². The van der Waals surface area contributed by atoms with Crippen molar-refractivity contribution in [3.05, 3.63) is 6.20 Å². The molecule has 1 unspecified atom stereocenters. The second-order valence-electron chi connectivity index (χ2n) is 6.69. The van der Waals surface area contributed by atoms with Gasteiger partial charge in [0.1, 0.15) is 11.9 Å². The van der Waals surface area contributed by atoms with Gasteiger partial charge in [0.05, 0.1) is 31.3 Å². The standard InChI is InChI=1S/C17H23N7O3S/c1-28-17-21-14(23-6-8-27-9-7-23)11-10-19-24(15(11)22-17)5-4-18-16(26)12-2-3-13(25)20-12/h10,12H,2-9H2,1H3,(H,18,26)(H,20,25). The van der Waals surface area contributed by atoms with E-state index in [0.29, 0.717) is 44.3 Å². The number of rotatable bonds is 6. The molecule has 0 aliphatic carbocycles. The fourth-order valence-corrected chi connectivity index (χ4v) is 3.77. The summed E-state index contributed by atoms with van der Waals surface area (Å²) in [5.41, 5.74) is 0.754. The number of anilines is 1. The molecular formula is C17H23N7O3S. The Balaban J connectivity index is 1.48. The highest BCUT2D eigenvalue weighted by atomic mass is 32.2. The number of carbonyl (C=O) groups is 2. The molecule has 0 spiro atoms. The Bertz CT molecular complexity index is 881. The van der Waals surface area contributed by atoms with E-state index in [-0.39, 0.29) is 11.8 Å². The maximum absolute atomic E-state index is 12.1. The van der Waals surface area contributed by atoms with Gasteiger partial charge in [-0.2, -0.15) is 5.10 Å². The molecule has 28 heavy (non-hydrogen) atoms. The molecule has 11 heteroatoms. The van der Waals surface area contributed by atoms with Crippen LogP contribution in [0, 0.1) is 0 Å². The van der Waals surface area contributed by atoms with Crippen LogP contribution in [0.4, 0.5) is 5.82 Å². The highest BCUT2D eigenvalue weighted by Gasteiger charge is 2.27. The highest BCUT2D eigenvalue weighted by Crippen LogP contribution is 2.27. The van der Waals surface area contributed by atoms with Crippen molar-refractivity contribution in [1.82, 2.24) is 30.4 Å². The lowest BCUT2D eigenvalue weighted by Crippen LogP contribution is -2.42. The van der Waals surface area contributed by atoms with E-state index in [0.717, 1.165) is 29.9 Å². The summed E-state index contributed by atoms with van der Waals surface area (Å²) < 4.78 is 7.23. The summed E-state index contributed by atoms with van der Waals surface area (Å²) in [6, 6.07) is -0.430. The Morgan fingerprint density at radius 2 is 2.21 bits per heavy atom. The Morgan fingerprint density at radius 3 is 2.93 bits per heavy atom. The smallest absolute Gasteiger partial charge is 0.242 e. The Labute approximate surface area is 166 Å². The molecule has 4 rings (SSSR count). The molecule has 0 saturated carbocycles. The fraction of sp³-hybridized carbons (Fsp3) is 0.588. The van der Waals surface area contributed by atoms with Gasteiger partial charge in [0, 0.05) is 26.1 Å². The van der Waals surface area contributed by atoms with Gasteiger partial charge in [-0.15, -0.1) is 0 Å². The number of nitrogens with one attached hydrogen (secondary N) is 2. The first-order valence-electron chi connectivity index (χ1n) is 9.33. The molecular weight excluding hydrogens is 382 g/mol. The molecule has 10 nitrogen and oxygen atoms in total. The Hall–Kier alpha value is -2.40. The van der Waals surface area contributed by atoms with Crippen molar-refractivity contribution in [1.29, 1.82) is 0 Å². The molecule has 2 aliphatic heterocycles. The van der Waals surface area contributed by atoms with Crippen molar-refractivity contribution in [3.63, 3.8) is 0 Å². The van der Waals surface area contributed by atoms with Gasteiger partial charge in [0.15, 0.2) is 10.8 Å². The number of aromatic nitrogens is 4. The summed E-state index contributed by atoms with van der Waals surface area (Å²) >= 11 is 1.49. The quantitative estimate of drug-likeness (QED) is 0.501. The van der Waals surface area contributed by atoms with Crippen molar-refractivity contribution < 1.29 is 14.3 Å². The first-order valence-corrected chi connectivity index (χ1v) is 10.6. The fourth-order valence-electron chi connectivity index (χ4n) is 3.41. The van der Waals surface area contributed by atoms with Crippen LogP contribution in [-0.4, -0.2) is 76.7 Å². The van der Waals surface area contributed by atoms with Crippen molar-refractivity contribution in [3.8, 4) is 0 Å².